The van der Waals surface area contributed by atoms with Crippen LogP contribution in [0, 0.1) is 0 Å². The molecule has 0 unspecified atom stereocenters. The van der Waals surface area contributed by atoms with Gasteiger partial charge in [0.05, 0.1) is 0 Å². The molecule has 0 aliphatic carbocycles. The van der Waals surface area contributed by atoms with Gasteiger partial charge in [0, 0.05) is 0 Å². The Labute approximate surface area is 78.8 Å². The molecule has 0 saturated carbocycles. The van der Waals surface area contributed by atoms with E-state index in [4.69, 9.17) is 15.1 Å². The van der Waals surface area contributed by atoms with Gasteiger partial charge in [0.25, 0.3) is 0 Å². The van der Waals surface area contributed by atoms with Crippen molar-refractivity contribution in [3.05, 3.63) is 0 Å². The topological polar surface area (TPSA) is 60.7 Å². The second-order valence-corrected chi connectivity index (χ2v) is 0.346. The summed E-state index contributed by atoms with van der Waals surface area (Å²) in [5.41, 5.74) is 0. The average Bonchev–Trinajstić information content (AvgIpc) is 0.811. The third-order valence-electron chi connectivity index (χ3n) is 0. The molecule has 0 fully saturated rings. The van der Waals surface area contributed by atoms with Crippen LogP contribution in [0.15, 0.2) is 0 Å². The maximum Gasteiger partial charge on any atom is 1.00 e. The fourth-order valence-corrected chi connectivity index (χ4v) is 0. The van der Waals surface area contributed by atoms with Crippen molar-refractivity contribution < 1.29 is 72.6 Å². The van der Waals surface area contributed by atoms with Crippen molar-refractivity contribution in [1.29, 1.82) is 0 Å². The van der Waals surface area contributed by atoms with Gasteiger partial charge in [-0.25, -0.2) is 0 Å². The SMILES string of the molecule is F.OB(O)O.[H-].[K+]. The zero-order valence-corrected chi connectivity index (χ0v) is 6.45. The fourth-order valence-electron chi connectivity index (χ4n) is 0. The Morgan fingerprint density at radius 1 is 1.17 bits per heavy atom. The first-order chi connectivity index (χ1) is 1.73. The molecule has 0 radical (unpaired) electrons. The van der Waals surface area contributed by atoms with E-state index in [1.54, 1.807) is 0 Å². The Bertz CT molecular complexity index is 19.7. The quantitative estimate of drug-likeness (QED) is 0.282. The zero-order chi connectivity index (χ0) is 3.58. The van der Waals surface area contributed by atoms with E-state index in [9.17, 15) is 0 Å². The van der Waals surface area contributed by atoms with E-state index >= 15 is 0 Å². The summed E-state index contributed by atoms with van der Waals surface area (Å²) in [5, 5.41) is 21.5. The summed E-state index contributed by atoms with van der Waals surface area (Å²) in [6.07, 6.45) is 0. The van der Waals surface area contributed by atoms with Crippen molar-refractivity contribution in [3.63, 3.8) is 0 Å². The Morgan fingerprint density at radius 3 is 1.17 bits per heavy atom. The molecule has 3 nitrogen and oxygen atoms in total. The van der Waals surface area contributed by atoms with Gasteiger partial charge in [-0.2, -0.15) is 0 Å². The first-order valence-electron chi connectivity index (χ1n) is 0.775. The second-order valence-electron chi connectivity index (χ2n) is 0.346. The summed E-state index contributed by atoms with van der Waals surface area (Å²) < 4.78 is 0. The van der Waals surface area contributed by atoms with E-state index in [0.717, 1.165) is 0 Å². The molecule has 6 heteroatoms. The largest absolute Gasteiger partial charge is 1.00 e. The maximum absolute atomic E-state index is 7.17. The summed E-state index contributed by atoms with van der Waals surface area (Å²) >= 11 is 0. The van der Waals surface area contributed by atoms with Crippen molar-refractivity contribution in [3.8, 4) is 0 Å². The molecule has 0 atom stereocenters. The van der Waals surface area contributed by atoms with E-state index in [-0.39, 0.29) is 57.5 Å². The van der Waals surface area contributed by atoms with Gasteiger partial charge in [0.15, 0.2) is 0 Å². The minimum atomic E-state index is -2.17. The van der Waals surface area contributed by atoms with Crippen LogP contribution in [0.25, 0.3) is 0 Å². The summed E-state index contributed by atoms with van der Waals surface area (Å²) in [6.45, 7) is 0. The molecular formula is H5BFKO3. The predicted octanol–water partition coefficient (Wildman–Crippen LogP) is -4.78. The fraction of sp³-hybridized carbons (Fsp3) is 0. The standard InChI is InChI=1S/BH3O3.FH.K.H/c2-1(3)4;;;/h2-4H;1H;;/q;;+1;-1. The van der Waals surface area contributed by atoms with Crippen LogP contribution in [0.3, 0.4) is 0 Å². The average molecular weight is 122 g/mol. The summed E-state index contributed by atoms with van der Waals surface area (Å²) in [5.74, 6) is 0. The molecule has 3 N–H and O–H groups in total. The molecule has 0 heterocycles. The van der Waals surface area contributed by atoms with E-state index in [1.807, 2.05) is 0 Å². The number of rotatable bonds is 0. The minimum absolute atomic E-state index is 0. The Kier molecular flexibility index (Phi) is 25.3. The predicted molar refractivity (Wildman–Crippen MR) is 16.0 cm³/mol. The van der Waals surface area contributed by atoms with Gasteiger partial charge in [-0.05, 0) is 0 Å². The van der Waals surface area contributed by atoms with Gasteiger partial charge in [0.2, 0.25) is 0 Å². The first kappa shape index (κ1) is 15.6. The van der Waals surface area contributed by atoms with Gasteiger partial charge in [-0.15, -0.1) is 0 Å². The Balaban J connectivity index is -0.0000000150. The van der Waals surface area contributed by atoms with Crippen molar-refractivity contribution in [2.24, 2.45) is 0 Å². The van der Waals surface area contributed by atoms with Crippen molar-refractivity contribution in [2.45, 2.75) is 0 Å². The van der Waals surface area contributed by atoms with Crippen molar-refractivity contribution in [2.75, 3.05) is 0 Å². The maximum atomic E-state index is 7.17. The van der Waals surface area contributed by atoms with Crippen LogP contribution < -0.4 is 51.4 Å². The van der Waals surface area contributed by atoms with E-state index in [1.165, 1.54) is 0 Å². The molecule has 0 amide bonds. The third-order valence-corrected chi connectivity index (χ3v) is 0. The molecule has 0 bridgehead atoms. The molecule has 0 saturated heterocycles. The monoisotopic (exact) mass is 122 g/mol. The molecule has 0 spiro atoms. The molecule has 6 heavy (non-hydrogen) atoms. The normalized spacial score (nSPS) is 4.50. The van der Waals surface area contributed by atoms with Crippen LogP contribution in [0.5, 0.6) is 0 Å². The summed E-state index contributed by atoms with van der Waals surface area (Å²) in [4.78, 5) is 0. The minimum Gasteiger partial charge on any atom is -1.00 e. The van der Waals surface area contributed by atoms with Crippen LogP contribution in [0.2, 0.25) is 0 Å². The van der Waals surface area contributed by atoms with Crippen LogP contribution in [0.4, 0.5) is 4.70 Å². The molecule has 34 valence electrons. The molecular weight excluding hydrogens is 117 g/mol. The zero-order valence-electron chi connectivity index (χ0n) is 4.33. The van der Waals surface area contributed by atoms with E-state index in [0.29, 0.717) is 0 Å². The van der Waals surface area contributed by atoms with E-state index in [2.05, 4.69) is 0 Å². The first-order valence-corrected chi connectivity index (χ1v) is 0.775. The molecule has 0 aliphatic rings. The van der Waals surface area contributed by atoms with Crippen LogP contribution in [-0.4, -0.2) is 22.4 Å². The van der Waals surface area contributed by atoms with Crippen molar-refractivity contribution in [1.82, 2.24) is 0 Å². The number of hydrogen-bond acceptors (Lipinski definition) is 3. The van der Waals surface area contributed by atoms with Gasteiger partial charge < -0.3 is 16.5 Å². The summed E-state index contributed by atoms with van der Waals surface area (Å²) in [6, 6.07) is 0. The smallest absolute Gasteiger partial charge is 1.00 e. The van der Waals surface area contributed by atoms with Gasteiger partial charge in [0.1, 0.15) is 0 Å². The van der Waals surface area contributed by atoms with Gasteiger partial charge in [-0.1, -0.05) is 0 Å². The van der Waals surface area contributed by atoms with Gasteiger partial charge in [-0.3, -0.25) is 4.70 Å². The second kappa shape index (κ2) is 9.72. The third kappa shape index (κ3) is 49.1. The molecule has 0 rings (SSSR count). The molecule has 0 aromatic carbocycles. The van der Waals surface area contributed by atoms with Crippen LogP contribution in [-0.2, 0) is 0 Å². The van der Waals surface area contributed by atoms with E-state index < -0.39 is 7.32 Å². The Hall–Kier alpha value is 1.51. The summed E-state index contributed by atoms with van der Waals surface area (Å²) in [7, 11) is -2.17. The van der Waals surface area contributed by atoms with Gasteiger partial charge >= 0.3 is 58.7 Å². The number of hydrogen-bond donors (Lipinski definition) is 3. The molecule has 0 aromatic heterocycles. The van der Waals surface area contributed by atoms with Crippen LogP contribution in [0.1, 0.15) is 1.43 Å². The van der Waals surface area contributed by atoms with Crippen molar-refractivity contribution >= 4 is 7.32 Å². The number of halogens is 1. The Morgan fingerprint density at radius 2 is 1.17 bits per heavy atom. The molecule has 0 aliphatic heterocycles. The molecule has 0 aromatic rings. The van der Waals surface area contributed by atoms with Crippen LogP contribution >= 0.6 is 0 Å².